The van der Waals surface area contributed by atoms with E-state index >= 15 is 0 Å². The molecule has 3 aromatic carbocycles. The number of methoxy groups -OCH3 is 1. The van der Waals surface area contributed by atoms with Crippen molar-refractivity contribution in [3.8, 4) is 5.75 Å². The van der Waals surface area contributed by atoms with Gasteiger partial charge in [0.25, 0.3) is 0 Å². The molecule has 0 heterocycles. The van der Waals surface area contributed by atoms with Crippen LogP contribution >= 0.6 is 11.6 Å². The fraction of sp³-hybridized carbons (Fsp3) is 0.333. The zero-order valence-corrected chi connectivity index (χ0v) is 24.8. The van der Waals surface area contributed by atoms with E-state index in [1.165, 1.54) is 18.1 Å². The minimum absolute atomic E-state index is 0.112. The van der Waals surface area contributed by atoms with Crippen LogP contribution in [0.4, 0.5) is 5.69 Å². The minimum atomic E-state index is -3.95. The lowest BCUT2D eigenvalue weighted by molar-refractivity contribution is -0.140. The van der Waals surface area contributed by atoms with E-state index in [1.807, 2.05) is 68.4 Å². The number of sulfonamides is 1. The van der Waals surface area contributed by atoms with E-state index in [0.29, 0.717) is 6.54 Å². The average Bonchev–Trinajstić information content (AvgIpc) is 2.93. The Hall–Kier alpha value is -3.56. The van der Waals surface area contributed by atoms with Crippen molar-refractivity contribution in [1.29, 1.82) is 0 Å². The predicted octanol–water partition coefficient (Wildman–Crippen LogP) is 4.59. The molecule has 40 heavy (non-hydrogen) atoms. The normalized spacial score (nSPS) is 11.9. The maximum atomic E-state index is 14.1. The predicted molar refractivity (Wildman–Crippen MR) is 159 cm³/mol. The lowest BCUT2D eigenvalue weighted by atomic mass is 10.0. The van der Waals surface area contributed by atoms with Crippen molar-refractivity contribution in [3.05, 3.63) is 94.5 Å². The fourth-order valence-electron chi connectivity index (χ4n) is 4.26. The largest absolute Gasteiger partial charge is 0.495 e. The molecule has 0 fully saturated rings. The van der Waals surface area contributed by atoms with Crippen LogP contribution in [0.25, 0.3) is 0 Å². The van der Waals surface area contributed by atoms with Crippen molar-refractivity contribution < 1.29 is 22.7 Å². The van der Waals surface area contributed by atoms with E-state index in [1.54, 1.807) is 12.1 Å². The van der Waals surface area contributed by atoms with Gasteiger partial charge in [0.15, 0.2) is 0 Å². The summed E-state index contributed by atoms with van der Waals surface area (Å²) < 4.78 is 32.3. The third-order valence-electron chi connectivity index (χ3n) is 6.38. The third-order valence-corrected chi connectivity index (χ3v) is 7.74. The third kappa shape index (κ3) is 8.47. The summed E-state index contributed by atoms with van der Waals surface area (Å²) >= 11 is 6.19. The monoisotopic (exact) mass is 585 g/mol. The molecule has 2 amide bonds. The molecule has 0 aromatic heterocycles. The number of nitrogens with one attached hydrogen (secondary N) is 1. The van der Waals surface area contributed by atoms with Gasteiger partial charge in [-0.1, -0.05) is 78.7 Å². The van der Waals surface area contributed by atoms with Gasteiger partial charge in [0.1, 0.15) is 18.3 Å². The quantitative estimate of drug-likeness (QED) is 0.317. The Balaban J connectivity index is 2.08. The molecule has 10 heteroatoms. The fourth-order valence-corrected chi connectivity index (χ4v) is 5.27. The molecule has 1 atom stereocenters. The second kappa shape index (κ2) is 14.2. The number of ether oxygens (including phenoxy) is 1. The van der Waals surface area contributed by atoms with Crippen molar-refractivity contribution in [3.63, 3.8) is 0 Å². The van der Waals surface area contributed by atoms with Crippen molar-refractivity contribution in [2.75, 3.05) is 30.8 Å². The maximum absolute atomic E-state index is 14.1. The summed E-state index contributed by atoms with van der Waals surface area (Å²) in [4.78, 5) is 29.1. The van der Waals surface area contributed by atoms with Crippen LogP contribution in [0.5, 0.6) is 5.75 Å². The number of nitrogens with zero attached hydrogens (tertiary/aromatic N) is 2. The van der Waals surface area contributed by atoms with E-state index in [4.69, 9.17) is 16.3 Å². The first-order valence-corrected chi connectivity index (χ1v) is 15.2. The molecular formula is C30H36ClN3O5S. The summed E-state index contributed by atoms with van der Waals surface area (Å²) in [6, 6.07) is 20.8. The number of aryl methyl sites for hydroxylation is 1. The lowest BCUT2D eigenvalue weighted by Crippen LogP contribution is -2.53. The van der Waals surface area contributed by atoms with Gasteiger partial charge in [-0.25, -0.2) is 8.42 Å². The Kier molecular flexibility index (Phi) is 11.0. The topological polar surface area (TPSA) is 96.0 Å². The van der Waals surface area contributed by atoms with E-state index in [-0.39, 0.29) is 35.3 Å². The van der Waals surface area contributed by atoms with Crippen molar-refractivity contribution in [2.45, 2.75) is 39.3 Å². The Morgan fingerprint density at radius 3 is 2.27 bits per heavy atom. The molecule has 3 rings (SSSR count). The number of rotatable bonds is 13. The summed E-state index contributed by atoms with van der Waals surface area (Å²) in [5.74, 6) is -0.604. The van der Waals surface area contributed by atoms with Crippen LogP contribution in [0.1, 0.15) is 30.0 Å². The van der Waals surface area contributed by atoms with Crippen LogP contribution in [-0.2, 0) is 32.6 Å². The molecule has 0 aliphatic rings. The maximum Gasteiger partial charge on any atom is 0.244 e. The first-order valence-electron chi connectivity index (χ1n) is 13.0. The molecule has 0 aliphatic heterocycles. The van der Waals surface area contributed by atoms with Gasteiger partial charge in [-0.05, 0) is 42.7 Å². The van der Waals surface area contributed by atoms with Gasteiger partial charge in [-0.3, -0.25) is 13.9 Å². The zero-order chi connectivity index (χ0) is 29.3. The second-order valence-electron chi connectivity index (χ2n) is 9.59. The van der Waals surface area contributed by atoms with Gasteiger partial charge >= 0.3 is 0 Å². The highest BCUT2D eigenvalue weighted by Crippen LogP contribution is 2.33. The van der Waals surface area contributed by atoms with E-state index in [0.717, 1.165) is 33.7 Å². The Morgan fingerprint density at radius 1 is 1.00 bits per heavy atom. The molecule has 0 bridgehead atoms. The first-order chi connectivity index (χ1) is 19.0. The molecule has 1 N–H and O–H groups in total. The molecule has 0 aliphatic carbocycles. The van der Waals surface area contributed by atoms with Crippen molar-refractivity contribution in [2.24, 2.45) is 0 Å². The molecule has 0 saturated heterocycles. The number of halogens is 1. The Bertz CT molecular complexity index is 1400. The molecular weight excluding hydrogens is 550 g/mol. The summed E-state index contributed by atoms with van der Waals surface area (Å²) in [5.41, 5.74) is 2.87. The first kappa shape index (κ1) is 31.0. The Labute approximate surface area is 241 Å². The van der Waals surface area contributed by atoms with Crippen LogP contribution in [0.15, 0.2) is 72.8 Å². The zero-order valence-electron chi connectivity index (χ0n) is 23.3. The summed E-state index contributed by atoms with van der Waals surface area (Å²) in [6.07, 6.45) is 2.00. The van der Waals surface area contributed by atoms with Crippen LogP contribution in [0.2, 0.25) is 5.02 Å². The highest BCUT2D eigenvalue weighted by molar-refractivity contribution is 7.92. The molecule has 0 radical (unpaired) electrons. The van der Waals surface area contributed by atoms with Gasteiger partial charge in [0, 0.05) is 24.5 Å². The molecule has 8 nitrogen and oxygen atoms in total. The molecule has 1 unspecified atom stereocenters. The van der Waals surface area contributed by atoms with Gasteiger partial charge in [0.2, 0.25) is 21.8 Å². The van der Waals surface area contributed by atoms with Crippen molar-refractivity contribution >= 4 is 39.1 Å². The van der Waals surface area contributed by atoms with E-state index < -0.39 is 28.5 Å². The summed E-state index contributed by atoms with van der Waals surface area (Å²) in [6.45, 7) is 3.93. The van der Waals surface area contributed by atoms with Gasteiger partial charge in [-0.2, -0.15) is 0 Å². The average molecular weight is 586 g/mol. The molecule has 0 spiro atoms. The van der Waals surface area contributed by atoms with Crippen LogP contribution in [0, 0.1) is 6.92 Å². The van der Waals surface area contributed by atoms with Gasteiger partial charge in [-0.15, -0.1) is 0 Å². The van der Waals surface area contributed by atoms with Crippen molar-refractivity contribution in [1.82, 2.24) is 10.2 Å². The SMILES string of the molecule is CCCNC(=O)C(Cc1ccccc1)N(Cc1ccc(C)cc1)C(=O)CN(c1cc(Cl)ccc1OC)S(C)(=O)=O. The number of hydrogen-bond acceptors (Lipinski definition) is 5. The van der Waals surface area contributed by atoms with Crippen LogP contribution in [-0.4, -0.2) is 57.6 Å². The number of anilines is 1. The number of benzene rings is 3. The standard InChI is InChI=1S/C30H36ClN3O5S/c1-5-17-32-30(36)27(18-23-9-7-6-8-10-23)33(20-24-13-11-22(2)12-14-24)29(35)21-34(40(4,37)38)26-19-25(31)15-16-28(26)39-3/h6-16,19,27H,5,17-18,20-21H2,1-4H3,(H,32,36). The van der Waals surface area contributed by atoms with E-state index in [2.05, 4.69) is 5.32 Å². The lowest BCUT2D eigenvalue weighted by Gasteiger charge is -2.33. The molecule has 0 saturated carbocycles. The minimum Gasteiger partial charge on any atom is -0.495 e. The van der Waals surface area contributed by atoms with E-state index in [9.17, 15) is 18.0 Å². The number of carbonyl (C=O) groups is 2. The van der Waals surface area contributed by atoms with Gasteiger partial charge in [0.05, 0.1) is 19.1 Å². The number of carbonyl (C=O) groups excluding carboxylic acids is 2. The summed E-state index contributed by atoms with van der Waals surface area (Å²) in [7, 11) is -2.54. The number of hydrogen-bond donors (Lipinski definition) is 1. The smallest absolute Gasteiger partial charge is 0.244 e. The van der Waals surface area contributed by atoms with Gasteiger partial charge < -0.3 is 15.0 Å². The highest BCUT2D eigenvalue weighted by atomic mass is 35.5. The molecule has 3 aromatic rings. The van der Waals surface area contributed by atoms with Crippen LogP contribution in [0.3, 0.4) is 0 Å². The summed E-state index contributed by atoms with van der Waals surface area (Å²) in [5, 5.41) is 3.21. The Morgan fingerprint density at radius 2 is 1.68 bits per heavy atom. The van der Waals surface area contributed by atoms with Crippen LogP contribution < -0.4 is 14.4 Å². The highest BCUT2D eigenvalue weighted by Gasteiger charge is 2.33. The second-order valence-corrected chi connectivity index (χ2v) is 11.9. The number of amides is 2. The molecule has 214 valence electrons.